The minimum atomic E-state index is -1.02. The zero-order valence-electron chi connectivity index (χ0n) is 8.41. The highest BCUT2D eigenvalue weighted by atomic mass is 16.6. The predicted molar refractivity (Wildman–Crippen MR) is 51.5 cm³/mol. The van der Waals surface area contributed by atoms with Crippen molar-refractivity contribution in [2.24, 2.45) is 0 Å². The molecule has 0 saturated carbocycles. The molecule has 0 aromatic rings. The minimum Gasteiger partial charge on any atom is -0.458 e. The van der Waals surface area contributed by atoms with E-state index in [0.717, 1.165) is 0 Å². The molecule has 78 valence electrons. The Morgan fingerprint density at radius 2 is 2.00 bits per heavy atom. The van der Waals surface area contributed by atoms with Crippen LogP contribution in [0.1, 0.15) is 13.8 Å². The van der Waals surface area contributed by atoms with Gasteiger partial charge in [-0.25, -0.2) is 4.79 Å². The van der Waals surface area contributed by atoms with Crippen LogP contribution in [-0.4, -0.2) is 25.2 Å². The minimum absolute atomic E-state index is 0.116. The fourth-order valence-corrected chi connectivity index (χ4v) is 0.698. The summed E-state index contributed by atoms with van der Waals surface area (Å²) in [7, 11) is 0. The average Bonchev–Trinajstić information content (AvgIpc) is 2.09. The van der Waals surface area contributed by atoms with Gasteiger partial charge in [0.05, 0.1) is 0 Å². The van der Waals surface area contributed by atoms with Crippen LogP contribution in [0.3, 0.4) is 0 Å². The maximum atomic E-state index is 11.3. The molecule has 0 fully saturated rings. The molecule has 0 aromatic carbocycles. The predicted octanol–water partition coefficient (Wildman–Crippen LogP) is 1.22. The van der Waals surface area contributed by atoms with Crippen molar-refractivity contribution >= 4 is 12.4 Å². The van der Waals surface area contributed by atoms with Crippen molar-refractivity contribution < 1.29 is 19.1 Å². The molecule has 0 aliphatic carbocycles. The van der Waals surface area contributed by atoms with Gasteiger partial charge in [-0.3, -0.25) is 4.79 Å². The number of carbonyl (C=O) groups excluding carboxylic acids is 2. The quantitative estimate of drug-likeness (QED) is 0.366. The van der Waals surface area contributed by atoms with Gasteiger partial charge in [-0.2, -0.15) is 0 Å². The maximum Gasteiger partial charge on any atom is 0.352 e. The molecule has 0 N–H and O–H groups in total. The second kappa shape index (κ2) is 5.96. The molecule has 1 unspecified atom stereocenters. The number of ether oxygens (including phenoxy) is 2. The normalized spacial score (nSPS) is 11.3. The van der Waals surface area contributed by atoms with Crippen LogP contribution >= 0.6 is 0 Å². The van der Waals surface area contributed by atoms with E-state index in [-0.39, 0.29) is 13.1 Å². The highest BCUT2D eigenvalue weighted by molar-refractivity contribution is 5.79. The van der Waals surface area contributed by atoms with E-state index >= 15 is 0 Å². The Kier molecular flexibility index (Phi) is 5.29. The van der Waals surface area contributed by atoms with E-state index in [9.17, 15) is 9.59 Å². The fourth-order valence-electron chi connectivity index (χ4n) is 0.698. The van der Waals surface area contributed by atoms with Gasteiger partial charge in [0.2, 0.25) is 6.10 Å². The van der Waals surface area contributed by atoms with E-state index in [1.165, 1.54) is 0 Å². The second-order valence-corrected chi connectivity index (χ2v) is 3.02. The van der Waals surface area contributed by atoms with E-state index in [2.05, 4.69) is 17.9 Å². The first-order chi connectivity index (χ1) is 6.49. The van der Waals surface area contributed by atoms with Crippen LogP contribution < -0.4 is 0 Å². The number of hydrogen-bond donors (Lipinski definition) is 0. The van der Waals surface area contributed by atoms with Gasteiger partial charge in [0.15, 0.2) is 0 Å². The Labute approximate surface area is 83.2 Å². The molecule has 14 heavy (non-hydrogen) atoms. The first-order valence-electron chi connectivity index (χ1n) is 4.04. The Bertz CT molecular complexity index is 255. The van der Waals surface area contributed by atoms with Crippen molar-refractivity contribution in [2.45, 2.75) is 20.0 Å². The Morgan fingerprint density at radius 1 is 1.43 bits per heavy atom. The third-order valence-electron chi connectivity index (χ3n) is 1.31. The van der Waals surface area contributed by atoms with Crippen LogP contribution in [0.4, 0.5) is 0 Å². The molecule has 4 nitrogen and oxygen atoms in total. The zero-order chi connectivity index (χ0) is 11.1. The lowest BCUT2D eigenvalue weighted by molar-refractivity contribution is -0.158. The molecule has 0 rings (SSSR count). The number of carbonyl (C=O) groups is 2. The lowest BCUT2D eigenvalue weighted by atomic mass is 10.2. The molecule has 0 radical (unpaired) electrons. The number of rotatable bonds is 6. The monoisotopic (exact) mass is 198 g/mol. The highest BCUT2D eigenvalue weighted by Crippen LogP contribution is 2.05. The summed E-state index contributed by atoms with van der Waals surface area (Å²) in [6.07, 6.45) is -1.02. The lowest BCUT2D eigenvalue weighted by Crippen LogP contribution is -2.27. The average molecular weight is 198 g/mol. The molecule has 0 spiro atoms. The van der Waals surface area contributed by atoms with Crippen molar-refractivity contribution in [1.82, 2.24) is 0 Å². The summed E-state index contributed by atoms with van der Waals surface area (Å²) in [6, 6.07) is 0. The van der Waals surface area contributed by atoms with Gasteiger partial charge >= 0.3 is 5.97 Å². The molecular weight excluding hydrogens is 184 g/mol. The summed E-state index contributed by atoms with van der Waals surface area (Å²) in [5.41, 5.74) is 1.13. The Morgan fingerprint density at radius 3 is 2.36 bits per heavy atom. The first-order valence-corrected chi connectivity index (χ1v) is 4.04. The molecule has 1 atom stereocenters. The van der Waals surface area contributed by atoms with Gasteiger partial charge in [-0.1, -0.05) is 13.2 Å². The SMILES string of the molecule is C=C(C)COC(=O)C(OC=O)C(=C)C. The van der Waals surface area contributed by atoms with Gasteiger partial charge in [-0.05, 0) is 25.0 Å². The summed E-state index contributed by atoms with van der Waals surface area (Å²) < 4.78 is 9.31. The third kappa shape index (κ3) is 4.45. The van der Waals surface area contributed by atoms with Gasteiger partial charge in [-0.15, -0.1) is 0 Å². The standard InChI is InChI=1S/C10H14O4/c1-7(2)5-13-10(12)9(8(3)4)14-6-11/h6,9H,1,3,5H2,2,4H3. The molecule has 0 bridgehead atoms. The number of hydrogen-bond acceptors (Lipinski definition) is 4. The number of esters is 1. The molecule has 0 aliphatic heterocycles. The third-order valence-corrected chi connectivity index (χ3v) is 1.31. The fraction of sp³-hybridized carbons (Fsp3) is 0.400. The summed E-state index contributed by atoms with van der Waals surface area (Å²) in [4.78, 5) is 21.3. The van der Waals surface area contributed by atoms with Crippen LogP contribution in [0.5, 0.6) is 0 Å². The summed E-state index contributed by atoms with van der Waals surface area (Å²) >= 11 is 0. The van der Waals surface area contributed by atoms with Crippen molar-refractivity contribution in [1.29, 1.82) is 0 Å². The molecule has 0 aromatic heterocycles. The Balaban J connectivity index is 4.22. The van der Waals surface area contributed by atoms with E-state index in [4.69, 9.17) is 4.74 Å². The molecule has 0 aliphatic rings. The molecule has 0 amide bonds. The largest absolute Gasteiger partial charge is 0.458 e. The molecule has 4 heteroatoms. The second-order valence-electron chi connectivity index (χ2n) is 3.02. The lowest BCUT2D eigenvalue weighted by Gasteiger charge is -2.13. The van der Waals surface area contributed by atoms with Crippen LogP contribution in [0.2, 0.25) is 0 Å². The smallest absolute Gasteiger partial charge is 0.352 e. The molecular formula is C10H14O4. The summed E-state index contributed by atoms with van der Waals surface area (Å²) in [5, 5.41) is 0. The van der Waals surface area contributed by atoms with Crippen molar-refractivity contribution in [3.05, 3.63) is 24.3 Å². The maximum absolute atomic E-state index is 11.3. The van der Waals surface area contributed by atoms with Crippen molar-refractivity contribution in [2.75, 3.05) is 6.61 Å². The molecule has 0 heterocycles. The van der Waals surface area contributed by atoms with Crippen LogP contribution in [-0.2, 0) is 19.1 Å². The van der Waals surface area contributed by atoms with Gasteiger partial charge < -0.3 is 9.47 Å². The van der Waals surface area contributed by atoms with Crippen LogP contribution in [0.25, 0.3) is 0 Å². The van der Waals surface area contributed by atoms with Gasteiger partial charge in [0, 0.05) is 0 Å². The van der Waals surface area contributed by atoms with Crippen LogP contribution in [0, 0.1) is 0 Å². The van der Waals surface area contributed by atoms with Crippen molar-refractivity contribution in [3.8, 4) is 0 Å². The van der Waals surface area contributed by atoms with E-state index < -0.39 is 12.1 Å². The van der Waals surface area contributed by atoms with E-state index in [1.54, 1.807) is 13.8 Å². The Hall–Kier alpha value is -1.58. The zero-order valence-corrected chi connectivity index (χ0v) is 8.41. The topological polar surface area (TPSA) is 52.6 Å². The highest BCUT2D eigenvalue weighted by Gasteiger charge is 2.21. The summed E-state index contributed by atoms with van der Waals surface area (Å²) in [5.74, 6) is -0.632. The van der Waals surface area contributed by atoms with Gasteiger partial charge in [0.1, 0.15) is 6.61 Å². The van der Waals surface area contributed by atoms with E-state index in [0.29, 0.717) is 11.1 Å². The van der Waals surface area contributed by atoms with Crippen LogP contribution in [0.15, 0.2) is 24.3 Å². The van der Waals surface area contributed by atoms with Gasteiger partial charge in [0.25, 0.3) is 6.47 Å². The van der Waals surface area contributed by atoms with Crippen molar-refractivity contribution in [3.63, 3.8) is 0 Å². The molecule has 0 saturated heterocycles. The first kappa shape index (κ1) is 12.4. The van der Waals surface area contributed by atoms with E-state index in [1.807, 2.05) is 0 Å². The summed E-state index contributed by atoms with van der Waals surface area (Å²) in [6.45, 7) is 10.7.